The van der Waals surface area contributed by atoms with Crippen LogP contribution in [0.25, 0.3) is 0 Å². The van der Waals surface area contributed by atoms with Crippen LogP contribution in [0.2, 0.25) is 0 Å². The Balaban J connectivity index is 2.23. The number of halogens is 1. The van der Waals surface area contributed by atoms with Crippen molar-refractivity contribution in [3.63, 3.8) is 0 Å². The van der Waals surface area contributed by atoms with Gasteiger partial charge >= 0.3 is 0 Å². The number of amides is 1. The zero-order chi connectivity index (χ0) is 11.8. The average molecular weight is 261 g/mol. The summed E-state index contributed by atoms with van der Waals surface area (Å²) in [5.74, 6) is -0.0472. The highest BCUT2D eigenvalue weighted by Crippen LogP contribution is 2.20. The fourth-order valence-corrected chi connectivity index (χ4v) is 2.23. The predicted molar refractivity (Wildman–Crippen MR) is 59.6 cm³/mol. The standard InChI is InChI=1S/C9H9ClN2O3S/c10-16(14,15)8-3-1-7(2-4-8)12-6-5-9(13)11-12/h1-4H,5-6H2,(H,11,13). The van der Waals surface area contributed by atoms with Gasteiger partial charge in [0.25, 0.3) is 9.05 Å². The van der Waals surface area contributed by atoms with Crippen molar-refractivity contribution in [2.24, 2.45) is 0 Å². The van der Waals surface area contributed by atoms with Crippen LogP contribution >= 0.6 is 10.7 Å². The van der Waals surface area contributed by atoms with Gasteiger partial charge in [0.1, 0.15) is 0 Å². The van der Waals surface area contributed by atoms with Crippen molar-refractivity contribution in [2.45, 2.75) is 11.3 Å². The number of benzene rings is 1. The minimum absolute atomic E-state index is 0.0449. The molecule has 1 N–H and O–H groups in total. The molecule has 1 aliphatic rings. The Morgan fingerprint density at radius 1 is 1.25 bits per heavy atom. The van der Waals surface area contributed by atoms with Crippen molar-refractivity contribution >= 4 is 31.3 Å². The highest BCUT2D eigenvalue weighted by molar-refractivity contribution is 8.13. The van der Waals surface area contributed by atoms with Crippen molar-refractivity contribution in [1.82, 2.24) is 5.43 Å². The van der Waals surface area contributed by atoms with Gasteiger partial charge in [0, 0.05) is 23.6 Å². The molecule has 2 rings (SSSR count). The number of carbonyl (C=O) groups is 1. The molecular weight excluding hydrogens is 252 g/mol. The summed E-state index contributed by atoms with van der Waals surface area (Å²) in [5, 5.41) is 1.66. The Labute approximate surface area is 97.4 Å². The molecule has 0 aromatic heterocycles. The van der Waals surface area contributed by atoms with Crippen LogP contribution in [-0.2, 0) is 13.8 Å². The van der Waals surface area contributed by atoms with Gasteiger partial charge in [-0.05, 0) is 24.3 Å². The largest absolute Gasteiger partial charge is 0.285 e. The molecule has 5 nitrogen and oxygen atoms in total. The Kier molecular flexibility index (Phi) is 2.77. The summed E-state index contributed by atoms with van der Waals surface area (Å²) in [4.78, 5) is 11.0. The van der Waals surface area contributed by atoms with Crippen LogP contribution in [0.15, 0.2) is 29.2 Å². The number of anilines is 1. The second-order valence-corrected chi connectivity index (χ2v) is 5.93. The molecule has 0 radical (unpaired) electrons. The summed E-state index contributed by atoms with van der Waals surface area (Å²) in [6, 6.07) is 6.01. The van der Waals surface area contributed by atoms with E-state index in [9.17, 15) is 13.2 Å². The molecule has 1 aliphatic heterocycles. The zero-order valence-corrected chi connectivity index (χ0v) is 9.75. The monoisotopic (exact) mass is 260 g/mol. The van der Waals surface area contributed by atoms with Crippen LogP contribution in [0.5, 0.6) is 0 Å². The highest BCUT2D eigenvalue weighted by atomic mass is 35.7. The molecule has 1 fully saturated rings. The van der Waals surface area contributed by atoms with Gasteiger partial charge in [-0.25, -0.2) is 8.42 Å². The topological polar surface area (TPSA) is 66.5 Å². The fraction of sp³-hybridized carbons (Fsp3) is 0.222. The number of hydrazine groups is 1. The van der Waals surface area contributed by atoms with E-state index in [1.54, 1.807) is 17.1 Å². The lowest BCUT2D eigenvalue weighted by Crippen LogP contribution is -2.32. The van der Waals surface area contributed by atoms with Crippen molar-refractivity contribution in [1.29, 1.82) is 0 Å². The summed E-state index contributed by atoms with van der Waals surface area (Å²) in [6.07, 6.45) is 0.440. The van der Waals surface area contributed by atoms with E-state index in [1.807, 2.05) is 0 Å². The van der Waals surface area contributed by atoms with Crippen molar-refractivity contribution in [3.8, 4) is 0 Å². The molecular formula is C9H9ClN2O3S. The number of hydrogen-bond donors (Lipinski definition) is 1. The third-order valence-corrected chi connectivity index (χ3v) is 3.62. The molecule has 0 aliphatic carbocycles. The van der Waals surface area contributed by atoms with Gasteiger partial charge in [0.15, 0.2) is 0 Å². The van der Waals surface area contributed by atoms with Gasteiger partial charge in [0.2, 0.25) is 5.91 Å². The van der Waals surface area contributed by atoms with E-state index in [4.69, 9.17) is 10.7 Å². The van der Waals surface area contributed by atoms with Crippen LogP contribution in [0.1, 0.15) is 6.42 Å². The van der Waals surface area contributed by atoms with E-state index in [1.165, 1.54) is 12.1 Å². The van der Waals surface area contributed by atoms with E-state index in [0.717, 1.165) is 5.69 Å². The first-order valence-electron chi connectivity index (χ1n) is 4.58. The van der Waals surface area contributed by atoms with Crippen molar-refractivity contribution in [2.75, 3.05) is 11.6 Å². The number of nitrogens with zero attached hydrogens (tertiary/aromatic N) is 1. The molecule has 7 heteroatoms. The first-order chi connectivity index (χ1) is 7.47. The molecule has 1 aromatic rings. The van der Waals surface area contributed by atoms with Gasteiger partial charge < -0.3 is 0 Å². The Morgan fingerprint density at radius 2 is 1.88 bits per heavy atom. The average Bonchev–Trinajstić information content (AvgIpc) is 2.64. The molecule has 1 aromatic carbocycles. The van der Waals surface area contributed by atoms with Crippen LogP contribution < -0.4 is 10.4 Å². The summed E-state index contributed by atoms with van der Waals surface area (Å²) in [6.45, 7) is 0.575. The smallest absolute Gasteiger partial charge is 0.261 e. The van der Waals surface area contributed by atoms with Crippen LogP contribution in [-0.4, -0.2) is 20.9 Å². The Bertz CT molecular complexity index is 512. The molecule has 1 saturated heterocycles. The molecule has 1 amide bonds. The molecule has 0 spiro atoms. The molecule has 0 atom stereocenters. The number of rotatable bonds is 2. The SMILES string of the molecule is O=C1CCN(c2ccc(S(=O)(=O)Cl)cc2)N1. The second kappa shape index (κ2) is 3.95. The van der Waals surface area contributed by atoms with Crippen molar-refractivity contribution in [3.05, 3.63) is 24.3 Å². The van der Waals surface area contributed by atoms with Gasteiger partial charge in [0.05, 0.1) is 10.6 Å². The lowest BCUT2D eigenvalue weighted by atomic mass is 10.3. The van der Waals surface area contributed by atoms with E-state index >= 15 is 0 Å². The number of nitrogens with one attached hydrogen (secondary N) is 1. The van der Waals surface area contributed by atoms with E-state index in [0.29, 0.717) is 13.0 Å². The summed E-state index contributed by atoms with van der Waals surface area (Å²) < 4.78 is 22.0. The van der Waals surface area contributed by atoms with Gasteiger partial charge in [-0.2, -0.15) is 0 Å². The summed E-state index contributed by atoms with van der Waals surface area (Å²) in [7, 11) is 1.50. The van der Waals surface area contributed by atoms with E-state index < -0.39 is 9.05 Å². The van der Waals surface area contributed by atoms with Gasteiger partial charge in [-0.1, -0.05) is 0 Å². The lowest BCUT2D eigenvalue weighted by molar-refractivity contribution is -0.119. The van der Waals surface area contributed by atoms with Crippen LogP contribution in [0, 0.1) is 0 Å². The molecule has 1 heterocycles. The maximum Gasteiger partial charge on any atom is 0.261 e. The predicted octanol–water partition coefficient (Wildman–Crippen LogP) is 0.855. The third-order valence-electron chi connectivity index (χ3n) is 2.25. The lowest BCUT2D eigenvalue weighted by Gasteiger charge is -2.17. The molecule has 86 valence electrons. The molecule has 16 heavy (non-hydrogen) atoms. The first kappa shape index (κ1) is 11.2. The number of carbonyl (C=O) groups excluding carboxylic acids is 1. The Morgan fingerprint density at radius 3 is 2.31 bits per heavy atom. The van der Waals surface area contributed by atoms with Crippen LogP contribution in [0.3, 0.4) is 0 Å². The Hall–Kier alpha value is -1.27. The quantitative estimate of drug-likeness (QED) is 0.801. The first-order valence-corrected chi connectivity index (χ1v) is 6.89. The van der Waals surface area contributed by atoms with Gasteiger partial charge in [-0.3, -0.25) is 15.2 Å². The molecule has 0 unspecified atom stereocenters. The van der Waals surface area contributed by atoms with Crippen molar-refractivity contribution < 1.29 is 13.2 Å². The normalized spacial score (nSPS) is 16.3. The fourth-order valence-electron chi connectivity index (χ4n) is 1.46. The summed E-state index contributed by atoms with van der Waals surface area (Å²) in [5.41, 5.74) is 3.37. The van der Waals surface area contributed by atoms with E-state index in [-0.39, 0.29) is 10.8 Å². The third kappa shape index (κ3) is 2.28. The minimum Gasteiger partial charge on any atom is -0.285 e. The maximum atomic E-state index is 11.0. The minimum atomic E-state index is -3.69. The van der Waals surface area contributed by atoms with Gasteiger partial charge in [-0.15, -0.1) is 0 Å². The number of hydrogen-bond acceptors (Lipinski definition) is 4. The highest BCUT2D eigenvalue weighted by Gasteiger charge is 2.19. The zero-order valence-electron chi connectivity index (χ0n) is 8.18. The van der Waals surface area contributed by atoms with E-state index in [2.05, 4.69) is 5.43 Å². The molecule has 0 bridgehead atoms. The second-order valence-electron chi connectivity index (χ2n) is 3.37. The molecule has 0 saturated carbocycles. The summed E-state index contributed by atoms with van der Waals surface area (Å²) >= 11 is 0. The maximum absolute atomic E-state index is 11.0. The van der Waals surface area contributed by atoms with Crippen LogP contribution in [0.4, 0.5) is 5.69 Å².